The lowest BCUT2D eigenvalue weighted by atomic mass is 9.86. The normalized spacial score (nSPS) is 11.0. The molecule has 0 saturated heterocycles. The van der Waals surface area contributed by atoms with Crippen molar-refractivity contribution in [3.05, 3.63) is 71.9 Å². The zero-order valence-electron chi connectivity index (χ0n) is 16.5. The third-order valence-electron chi connectivity index (χ3n) is 4.25. The number of methoxy groups -OCH3 is 1. The molecule has 144 valence electrons. The predicted molar refractivity (Wildman–Crippen MR) is 111 cm³/mol. The van der Waals surface area contributed by atoms with E-state index in [1.165, 1.54) is 5.56 Å². The molecule has 0 saturated carbocycles. The summed E-state index contributed by atoms with van der Waals surface area (Å²) >= 11 is 0. The Morgan fingerprint density at radius 2 is 1.57 bits per heavy atom. The van der Waals surface area contributed by atoms with E-state index >= 15 is 0 Å². The van der Waals surface area contributed by atoms with Crippen LogP contribution in [0.15, 0.2) is 60.7 Å². The number of carbonyl (C=O) groups is 1. The molecule has 0 atom stereocenters. The van der Waals surface area contributed by atoms with Gasteiger partial charge in [0, 0.05) is 5.69 Å². The third-order valence-corrected chi connectivity index (χ3v) is 4.25. The molecule has 1 aromatic heterocycles. The van der Waals surface area contributed by atoms with E-state index in [0.717, 1.165) is 5.69 Å². The van der Waals surface area contributed by atoms with Crippen LogP contribution in [0.3, 0.4) is 0 Å². The number of amides is 1. The third kappa shape index (κ3) is 4.46. The van der Waals surface area contributed by atoms with E-state index in [4.69, 9.17) is 4.74 Å². The highest BCUT2D eigenvalue weighted by Crippen LogP contribution is 2.30. The van der Waals surface area contributed by atoms with Gasteiger partial charge in [0.2, 0.25) is 0 Å². The largest absolute Gasteiger partial charge is 0.495 e. The summed E-state index contributed by atoms with van der Waals surface area (Å²) in [6.45, 7) is 6.47. The standard InChI is InChI=1S/C22H24N4O2/c1-22(2,3)15-9-5-6-10-16(15)23-20-14-13-18(25-26-20)21(27)24-17-11-7-8-12-19(17)28-4/h5-14H,1-4H3,(H,23,26)(H,24,27). The molecule has 3 aromatic rings. The zero-order chi connectivity index (χ0) is 20.1. The first-order chi connectivity index (χ1) is 13.4. The molecule has 28 heavy (non-hydrogen) atoms. The van der Waals surface area contributed by atoms with E-state index in [2.05, 4.69) is 47.7 Å². The van der Waals surface area contributed by atoms with Crippen LogP contribution in [-0.4, -0.2) is 23.2 Å². The number of rotatable bonds is 5. The van der Waals surface area contributed by atoms with Gasteiger partial charge in [-0.05, 0) is 41.3 Å². The summed E-state index contributed by atoms with van der Waals surface area (Å²) in [6.07, 6.45) is 0. The molecule has 0 aliphatic heterocycles. The lowest BCUT2D eigenvalue weighted by molar-refractivity contribution is 0.102. The van der Waals surface area contributed by atoms with E-state index in [1.54, 1.807) is 31.4 Å². The monoisotopic (exact) mass is 376 g/mol. The number of anilines is 3. The van der Waals surface area contributed by atoms with Crippen molar-refractivity contribution in [3.63, 3.8) is 0 Å². The average Bonchev–Trinajstić information content (AvgIpc) is 2.68. The van der Waals surface area contributed by atoms with Gasteiger partial charge in [0.25, 0.3) is 5.91 Å². The van der Waals surface area contributed by atoms with Gasteiger partial charge >= 0.3 is 0 Å². The van der Waals surface area contributed by atoms with Gasteiger partial charge in [-0.2, -0.15) is 0 Å². The minimum absolute atomic E-state index is 0.00835. The quantitative estimate of drug-likeness (QED) is 0.670. The molecule has 0 bridgehead atoms. The Morgan fingerprint density at radius 1 is 0.893 bits per heavy atom. The molecule has 1 amide bonds. The van der Waals surface area contributed by atoms with Gasteiger partial charge in [-0.25, -0.2) is 0 Å². The van der Waals surface area contributed by atoms with Crippen molar-refractivity contribution < 1.29 is 9.53 Å². The molecule has 0 unspecified atom stereocenters. The van der Waals surface area contributed by atoms with Crippen molar-refractivity contribution in [2.24, 2.45) is 0 Å². The Hall–Kier alpha value is -3.41. The van der Waals surface area contributed by atoms with Crippen LogP contribution in [-0.2, 0) is 5.41 Å². The number of hydrogen-bond acceptors (Lipinski definition) is 5. The molecule has 0 aliphatic carbocycles. The van der Waals surface area contributed by atoms with E-state index in [1.807, 2.05) is 30.3 Å². The van der Waals surface area contributed by atoms with Crippen LogP contribution in [0.25, 0.3) is 0 Å². The molecule has 0 aliphatic rings. The minimum atomic E-state index is -0.348. The predicted octanol–water partition coefficient (Wildman–Crippen LogP) is 4.78. The SMILES string of the molecule is COc1ccccc1NC(=O)c1ccc(Nc2ccccc2C(C)(C)C)nn1. The molecule has 0 spiro atoms. The topological polar surface area (TPSA) is 76.1 Å². The Balaban J connectivity index is 1.75. The maximum Gasteiger partial charge on any atom is 0.276 e. The number of para-hydroxylation sites is 3. The Kier molecular flexibility index (Phi) is 5.59. The maximum absolute atomic E-state index is 12.4. The first-order valence-corrected chi connectivity index (χ1v) is 9.03. The van der Waals surface area contributed by atoms with Crippen LogP contribution in [0.4, 0.5) is 17.2 Å². The van der Waals surface area contributed by atoms with E-state index < -0.39 is 0 Å². The summed E-state index contributed by atoms with van der Waals surface area (Å²) in [4.78, 5) is 12.4. The highest BCUT2D eigenvalue weighted by atomic mass is 16.5. The van der Waals surface area contributed by atoms with Gasteiger partial charge in [-0.1, -0.05) is 51.1 Å². The van der Waals surface area contributed by atoms with Gasteiger partial charge < -0.3 is 15.4 Å². The summed E-state index contributed by atoms with van der Waals surface area (Å²) in [6, 6.07) is 18.7. The second kappa shape index (κ2) is 8.08. The summed E-state index contributed by atoms with van der Waals surface area (Å²) in [5.74, 6) is 0.810. The summed E-state index contributed by atoms with van der Waals surface area (Å²) in [5, 5.41) is 14.3. The van der Waals surface area contributed by atoms with Crippen molar-refractivity contribution in [2.45, 2.75) is 26.2 Å². The van der Waals surface area contributed by atoms with Crippen LogP contribution in [0.1, 0.15) is 36.8 Å². The maximum atomic E-state index is 12.4. The molecular formula is C22H24N4O2. The molecule has 3 rings (SSSR count). The highest BCUT2D eigenvalue weighted by molar-refractivity contribution is 6.03. The number of aromatic nitrogens is 2. The van der Waals surface area contributed by atoms with Crippen molar-refractivity contribution in [2.75, 3.05) is 17.7 Å². The number of carbonyl (C=O) groups excluding carboxylic acids is 1. The van der Waals surface area contributed by atoms with Crippen molar-refractivity contribution in [1.82, 2.24) is 10.2 Å². The molecule has 0 fully saturated rings. The number of benzene rings is 2. The zero-order valence-corrected chi connectivity index (χ0v) is 16.5. The number of nitrogens with one attached hydrogen (secondary N) is 2. The fourth-order valence-corrected chi connectivity index (χ4v) is 2.84. The fourth-order valence-electron chi connectivity index (χ4n) is 2.84. The van der Waals surface area contributed by atoms with Crippen LogP contribution in [0.5, 0.6) is 5.75 Å². The Morgan fingerprint density at radius 3 is 2.21 bits per heavy atom. The van der Waals surface area contributed by atoms with Gasteiger partial charge in [0.15, 0.2) is 11.5 Å². The number of ether oxygens (including phenoxy) is 1. The van der Waals surface area contributed by atoms with Gasteiger partial charge in [-0.3, -0.25) is 4.79 Å². The van der Waals surface area contributed by atoms with Gasteiger partial charge in [-0.15, -0.1) is 10.2 Å². The van der Waals surface area contributed by atoms with Crippen LogP contribution >= 0.6 is 0 Å². The van der Waals surface area contributed by atoms with Crippen LogP contribution < -0.4 is 15.4 Å². The lowest BCUT2D eigenvalue weighted by Gasteiger charge is -2.23. The first-order valence-electron chi connectivity index (χ1n) is 9.03. The molecule has 2 N–H and O–H groups in total. The van der Waals surface area contributed by atoms with E-state index in [-0.39, 0.29) is 17.0 Å². The van der Waals surface area contributed by atoms with E-state index in [9.17, 15) is 4.79 Å². The highest BCUT2D eigenvalue weighted by Gasteiger charge is 2.18. The fraction of sp³-hybridized carbons (Fsp3) is 0.227. The molecule has 6 nitrogen and oxygen atoms in total. The minimum Gasteiger partial charge on any atom is -0.495 e. The van der Waals surface area contributed by atoms with Crippen LogP contribution in [0.2, 0.25) is 0 Å². The molecule has 1 heterocycles. The van der Waals surface area contributed by atoms with Gasteiger partial charge in [0.1, 0.15) is 5.75 Å². The second-order valence-corrected chi connectivity index (χ2v) is 7.38. The Bertz CT molecular complexity index is 963. The summed E-state index contributed by atoms with van der Waals surface area (Å²) < 4.78 is 5.25. The number of nitrogens with zero attached hydrogens (tertiary/aromatic N) is 2. The van der Waals surface area contributed by atoms with Crippen molar-refractivity contribution in [3.8, 4) is 5.75 Å². The Labute approximate surface area is 165 Å². The van der Waals surface area contributed by atoms with Crippen LogP contribution in [0, 0.1) is 0 Å². The van der Waals surface area contributed by atoms with E-state index in [0.29, 0.717) is 17.3 Å². The molecule has 6 heteroatoms. The lowest BCUT2D eigenvalue weighted by Crippen LogP contribution is -2.16. The summed E-state index contributed by atoms with van der Waals surface area (Å²) in [5.41, 5.74) is 2.94. The average molecular weight is 376 g/mol. The smallest absolute Gasteiger partial charge is 0.276 e. The second-order valence-electron chi connectivity index (χ2n) is 7.38. The van der Waals surface area contributed by atoms with Crippen molar-refractivity contribution >= 4 is 23.1 Å². The molecule has 2 aromatic carbocycles. The molecule has 0 radical (unpaired) electrons. The first kappa shape index (κ1) is 19.4. The van der Waals surface area contributed by atoms with Gasteiger partial charge in [0.05, 0.1) is 12.8 Å². The molecular weight excluding hydrogens is 352 g/mol. The summed E-state index contributed by atoms with van der Waals surface area (Å²) in [7, 11) is 1.56. The number of hydrogen-bond donors (Lipinski definition) is 2. The van der Waals surface area contributed by atoms with Crippen molar-refractivity contribution in [1.29, 1.82) is 0 Å².